The molecule has 1 aromatic rings. The number of benzene rings is 1. The van der Waals surface area contributed by atoms with Crippen molar-refractivity contribution in [2.75, 3.05) is 7.11 Å². The summed E-state index contributed by atoms with van der Waals surface area (Å²) in [6, 6.07) is 7.04. The maximum atomic E-state index is 12.4. The van der Waals surface area contributed by atoms with Crippen LogP contribution in [0.15, 0.2) is 24.3 Å². The van der Waals surface area contributed by atoms with E-state index in [0.29, 0.717) is 24.2 Å². The summed E-state index contributed by atoms with van der Waals surface area (Å²) >= 11 is 0. The van der Waals surface area contributed by atoms with Crippen molar-refractivity contribution in [1.29, 1.82) is 0 Å². The third kappa shape index (κ3) is 3.13. The Morgan fingerprint density at radius 3 is 2.68 bits per heavy atom. The molecule has 0 aromatic heterocycles. The summed E-state index contributed by atoms with van der Waals surface area (Å²) in [5.41, 5.74) is 0.607. The summed E-state index contributed by atoms with van der Waals surface area (Å²) in [6.07, 6.45) is 2.71. The average Bonchev–Trinajstić information content (AvgIpc) is 2.46. The molecule has 1 N–H and O–H groups in total. The van der Waals surface area contributed by atoms with Gasteiger partial charge in [0, 0.05) is 11.5 Å². The summed E-state index contributed by atoms with van der Waals surface area (Å²) in [7, 11) is 1.56. The topological polar surface area (TPSA) is 63.6 Å². The fraction of sp³-hybridized carbons (Fsp3) is 0.467. The number of methoxy groups -OCH3 is 1. The molecule has 0 bridgehead atoms. The van der Waals surface area contributed by atoms with Gasteiger partial charge < -0.3 is 9.84 Å². The van der Waals surface area contributed by atoms with E-state index < -0.39 is 5.97 Å². The first-order chi connectivity index (χ1) is 9.11. The number of aliphatic carboxylic acids is 1. The molecule has 0 amide bonds. The molecule has 0 saturated heterocycles. The highest BCUT2D eigenvalue weighted by atomic mass is 16.5. The number of carbonyl (C=O) groups excluding carboxylic acids is 1. The van der Waals surface area contributed by atoms with Crippen LogP contribution in [0.25, 0.3) is 0 Å². The summed E-state index contributed by atoms with van der Waals surface area (Å²) in [5.74, 6) is -0.667. The molecule has 4 nitrogen and oxygen atoms in total. The molecule has 0 heterocycles. The Kier molecular flexibility index (Phi) is 4.20. The Bertz CT molecular complexity index is 481. The van der Waals surface area contributed by atoms with Crippen LogP contribution < -0.4 is 4.74 Å². The van der Waals surface area contributed by atoms with Gasteiger partial charge in [0.2, 0.25) is 0 Å². The van der Waals surface area contributed by atoms with E-state index in [1.807, 2.05) is 0 Å². The van der Waals surface area contributed by atoms with Gasteiger partial charge in [-0.15, -0.1) is 0 Å². The van der Waals surface area contributed by atoms with Gasteiger partial charge in [0.1, 0.15) is 5.75 Å². The molecule has 0 spiro atoms. The van der Waals surface area contributed by atoms with Gasteiger partial charge in [0.25, 0.3) is 0 Å². The molecule has 1 aliphatic rings. The van der Waals surface area contributed by atoms with Crippen molar-refractivity contribution in [2.24, 2.45) is 11.8 Å². The van der Waals surface area contributed by atoms with Gasteiger partial charge in [-0.1, -0.05) is 18.6 Å². The summed E-state index contributed by atoms with van der Waals surface area (Å²) in [6.45, 7) is 0. The van der Waals surface area contributed by atoms with Gasteiger partial charge in [0.15, 0.2) is 5.78 Å². The Hall–Kier alpha value is -1.84. The van der Waals surface area contributed by atoms with Crippen molar-refractivity contribution in [2.45, 2.75) is 25.7 Å². The molecule has 1 fully saturated rings. The molecule has 2 rings (SSSR count). The first kappa shape index (κ1) is 13.6. The Labute approximate surface area is 112 Å². The highest BCUT2D eigenvalue weighted by Crippen LogP contribution is 2.32. The number of ketones is 1. The molecular weight excluding hydrogens is 244 g/mol. The Morgan fingerprint density at radius 2 is 2.00 bits per heavy atom. The van der Waals surface area contributed by atoms with Gasteiger partial charge in [0.05, 0.1) is 13.0 Å². The lowest BCUT2D eigenvalue weighted by molar-refractivity contribution is -0.143. The van der Waals surface area contributed by atoms with Gasteiger partial charge in [-0.25, -0.2) is 0 Å². The minimum absolute atomic E-state index is 0.0323. The predicted octanol–water partition coefficient (Wildman–Crippen LogP) is 2.77. The number of rotatable bonds is 4. The highest BCUT2D eigenvalue weighted by molar-refractivity contribution is 5.98. The second-order valence-electron chi connectivity index (χ2n) is 4.99. The molecular formula is C15H18O4. The SMILES string of the molecule is COc1cccc(C(=O)[C@H]2CCC[C@@H](C(=O)O)C2)c1. The molecule has 1 aromatic carbocycles. The van der Waals surface area contributed by atoms with E-state index in [-0.39, 0.29) is 17.6 Å². The first-order valence-electron chi connectivity index (χ1n) is 6.53. The van der Waals surface area contributed by atoms with Crippen LogP contribution in [0.4, 0.5) is 0 Å². The van der Waals surface area contributed by atoms with Crippen LogP contribution in [-0.4, -0.2) is 24.0 Å². The number of hydrogen-bond donors (Lipinski definition) is 1. The van der Waals surface area contributed by atoms with Crippen molar-refractivity contribution in [1.82, 2.24) is 0 Å². The smallest absolute Gasteiger partial charge is 0.306 e. The first-order valence-corrected chi connectivity index (χ1v) is 6.53. The maximum absolute atomic E-state index is 12.4. The van der Waals surface area contributed by atoms with E-state index >= 15 is 0 Å². The Morgan fingerprint density at radius 1 is 1.26 bits per heavy atom. The number of ether oxygens (including phenoxy) is 1. The zero-order valence-corrected chi connectivity index (χ0v) is 11.0. The molecule has 0 unspecified atom stereocenters. The monoisotopic (exact) mass is 262 g/mol. The number of carboxylic acid groups (broad SMARTS) is 1. The van der Waals surface area contributed by atoms with Crippen LogP contribution in [0, 0.1) is 11.8 Å². The number of carboxylic acids is 1. The van der Waals surface area contributed by atoms with E-state index in [1.54, 1.807) is 31.4 Å². The lowest BCUT2D eigenvalue weighted by Crippen LogP contribution is -2.27. The molecule has 1 aliphatic carbocycles. The zero-order chi connectivity index (χ0) is 13.8. The van der Waals surface area contributed by atoms with Crippen LogP contribution in [0.3, 0.4) is 0 Å². The van der Waals surface area contributed by atoms with Crippen LogP contribution in [0.1, 0.15) is 36.0 Å². The minimum atomic E-state index is -0.789. The van der Waals surface area contributed by atoms with Crippen molar-refractivity contribution < 1.29 is 19.4 Å². The standard InChI is InChI=1S/C15H18O4/c1-19-13-7-3-5-11(9-13)14(16)10-4-2-6-12(8-10)15(17)18/h3,5,7,9-10,12H,2,4,6,8H2,1H3,(H,17,18)/t10-,12+/m0/s1. The summed E-state index contributed by atoms with van der Waals surface area (Å²) < 4.78 is 5.11. The fourth-order valence-corrected chi connectivity index (χ4v) is 2.66. The highest BCUT2D eigenvalue weighted by Gasteiger charge is 2.31. The maximum Gasteiger partial charge on any atom is 0.306 e. The van der Waals surface area contributed by atoms with Crippen molar-refractivity contribution in [3.8, 4) is 5.75 Å². The lowest BCUT2D eigenvalue weighted by Gasteiger charge is -2.25. The molecule has 102 valence electrons. The molecule has 0 aliphatic heterocycles. The number of carbonyl (C=O) groups is 2. The van der Waals surface area contributed by atoms with Crippen LogP contribution >= 0.6 is 0 Å². The fourth-order valence-electron chi connectivity index (χ4n) is 2.66. The van der Waals surface area contributed by atoms with Crippen molar-refractivity contribution >= 4 is 11.8 Å². The quantitative estimate of drug-likeness (QED) is 0.847. The summed E-state index contributed by atoms with van der Waals surface area (Å²) in [5, 5.41) is 9.06. The van der Waals surface area contributed by atoms with Crippen LogP contribution in [0.2, 0.25) is 0 Å². The second-order valence-corrected chi connectivity index (χ2v) is 4.99. The molecule has 2 atom stereocenters. The number of hydrogen-bond acceptors (Lipinski definition) is 3. The van der Waals surface area contributed by atoms with Crippen LogP contribution in [-0.2, 0) is 4.79 Å². The largest absolute Gasteiger partial charge is 0.497 e. The molecule has 19 heavy (non-hydrogen) atoms. The van der Waals surface area contributed by atoms with E-state index in [4.69, 9.17) is 9.84 Å². The second kappa shape index (κ2) is 5.87. The van der Waals surface area contributed by atoms with Crippen molar-refractivity contribution in [3.63, 3.8) is 0 Å². The van der Waals surface area contributed by atoms with Crippen LogP contribution in [0.5, 0.6) is 5.75 Å². The van der Waals surface area contributed by atoms with E-state index in [1.165, 1.54) is 0 Å². The van der Waals surface area contributed by atoms with Crippen molar-refractivity contribution in [3.05, 3.63) is 29.8 Å². The van der Waals surface area contributed by atoms with E-state index in [2.05, 4.69) is 0 Å². The molecule has 0 radical (unpaired) electrons. The molecule has 4 heteroatoms. The molecule has 1 saturated carbocycles. The van der Waals surface area contributed by atoms with E-state index in [0.717, 1.165) is 12.8 Å². The predicted molar refractivity (Wildman–Crippen MR) is 70.4 cm³/mol. The van der Waals surface area contributed by atoms with Gasteiger partial charge in [-0.05, 0) is 31.4 Å². The third-order valence-corrected chi connectivity index (χ3v) is 3.75. The van der Waals surface area contributed by atoms with Gasteiger partial charge in [-0.2, -0.15) is 0 Å². The number of Topliss-reactive ketones (excluding diaryl/α,β-unsaturated/α-hetero) is 1. The van der Waals surface area contributed by atoms with Gasteiger partial charge >= 0.3 is 5.97 Å². The van der Waals surface area contributed by atoms with Gasteiger partial charge in [-0.3, -0.25) is 9.59 Å². The lowest BCUT2D eigenvalue weighted by atomic mass is 9.78. The average molecular weight is 262 g/mol. The Balaban J connectivity index is 2.12. The zero-order valence-electron chi connectivity index (χ0n) is 11.0. The summed E-state index contributed by atoms with van der Waals surface area (Å²) in [4.78, 5) is 23.4. The normalized spacial score (nSPS) is 22.8. The minimum Gasteiger partial charge on any atom is -0.497 e. The van der Waals surface area contributed by atoms with E-state index in [9.17, 15) is 9.59 Å². The third-order valence-electron chi connectivity index (χ3n) is 3.75.